The van der Waals surface area contributed by atoms with E-state index in [2.05, 4.69) is 37.0 Å². The van der Waals surface area contributed by atoms with Crippen molar-refractivity contribution in [3.63, 3.8) is 0 Å². The highest BCUT2D eigenvalue weighted by atomic mass is 35.5. The van der Waals surface area contributed by atoms with Crippen LogP contribution in [-0.4, -0.2) is 12.0 Å². The van der Waals surface area contributed by atoms with Crippen molar-refractivity contribution >= 4 is 34.7 Å². The zero-order valence-electron chi connectivity index (χ0n) is 11.2. The van der Waals surface area contributed by atoms with E-state index < -0.39 is 0 Å². The van der Waals surface area contributed by atoms with Crippen LogP contribution >= 0.6 is 23.2 Å². The van der Waals surface area contributed by atoms with Crippen LogP contribution in [0.1, 0.15) is 16.7 Å². The summed E-state index contributed by atoms with van der Waals surface area (Å²) in [4.78, 5) is 6.39. The minimum atomic E-state index is 0.417. The summed E-state index contributed by atoms with van der Waals surface area (Å²) >= 11 is 12.1. The number of nitrogens with zero attached hydrogens (tertiary/aromatic N) is 2. The number of rotatable bonds is 3. The summed E-state index contributed by atoms with van der Waals surface area (Å²) in [6.45, 7) is 4.16. The molecule has 0 saturated carbocycles. The van der Waals surface area contributed by atoms with Crippen LogP contribution < -0.4 is 4.90 Å². The van der Waals surface area contributed by atoms with Crippen molar-refractivity contribution in [1.29, 1.82) is 0 Å². The second kappa shape index (κ2) is 5.81. The number of alkyl halides is 1. The number of hydrogen-bond acceptors (Lipinski definition) is 2. The number of anilines is 2. The van der Waals surface area contributed by atoms with Gasteiger partial charge in [0, 0.05) is 24.8 Å². The van der Waals surface area contributed by atoms with Crippen LogP contribution in [0.5, 0.6) is 0 Å². The third kappa shape index (κ3) is 3.02. The van der Waals surface area contributed by atoms with Crippen LogP contribution in [0.15, 0.2) is 30.5 Å². The predicted octanol–water partition coefficient (Wildman–Crippen LogP) is 4.86. The predicted molar refractivity (Wildman–Crippen MR) is 82.8 cm³/mol. The highest BCUT2D eigenvalue weighted by Crippen LogP contribution is 2.31. The van der Waals surface area contributed by atoms with Crippen molar-refractivity contribution in [3.05, 3.63) is 52.2 Å². The SMILES string of the molecule is Cc1ccc(N(C)c2ncc(CCl)cc2Cl)c(C)c1. The minimum Gasteiger partial charge on any atom is -0.328 e. The lowest BCUT2D eigenvalue weighted by molar-refractivity contribution is 1.10. The smallest absolute Gasteiger partial charge is 0.151 e. The Bertz CT molecular complexity index is 597. The van der Waals surface area contributed by atoms with E-state index in [0.717, 1.165) is 17.1 Å². The molecule has 4 heteroatoms. The molecule has 2 rings (SSSR count). The first-order valence-corrected chi connectivity index (χ1v) is 6.95. The van der Waals surface area contributed by atoms with Gasteiger partial charge >= 0.3 is 0 Å². The number of hydrogen-bond donors (Lipinski definition) is 0. The van der Waals surface area contributed by atoms with Crippen LogP contribution in [0.3, 0.4) is 0 Å². The Morgan fingerprint density at radius 3 is 2.53 bits per heavy atom. The molecule has 2 nitrogen and oxygen atoms in total. The van der Waals surface area contributed by atoms with Gasteiger partial charge in [-0.2, -0.15) is 0 Å². The van der Waals surface area contributed by atoms with Gasteiger partial charge in [-0.3, -0.25) is 0 Å². The van der Waals surface area contributed by atoms with E-state index in [4.69, 9.17) is 23.2 Å². The molecule has 0 aliphatic carbocycles. The largest absolute Gasteiger partial charge is 0.328 e. The number of pyridine rings is 1. The normalized spacial score (nSPS) is 10.6. The molecule has 0 spiro atoms. The summed E-state index contributed by atoms with van der Waals surface area (Å²) in [6, 6.07) is 8.17. The topological polar surface area (TPSA) is 16.1 Å². The van der Waals surface area contributed by atoms with Crippen molar-refractivity contribution in [2.45, 2.75) is 19.7 Å². The Morgan fingerprint density at radius 1 is 1.21 bits per heavy atom. The lowest BCUT2D eigenvalue weighted by atomic mass is 10.1. The lowest BCUT2D eigenvalue weighted by Gasteiger charge is -2.22. The number of benzene rings is 1. The van der Waals surface area contributed by atoms with E-state index in [1.165, 1.54) is 11.1 Å². The monoisotopic (exact) mass is 294 g/mol. The van der Waals surface area contributed by atoms with Crippen LogP contribution in [0.2, 0.25) is 5.02 Å². The van der Waals surface area contributed by atoms with Crippen molar-refractivity contribution in [2.75, 3.05) is 11.9 Å². The number of halogens is 2. The molecule has 1 heterocycles. The molecule has 1 aromatic carbocycles. The maximum absolute atomic E-state index is 6.27. The third-order valence-corrected chi connectivity index (χ3v) is 3.65. The fourth-order valence-electron chi connectivity index (χ4n) is 2.09. The molecule has 0 fully saturated rings. The second-order valence-electron chi connectivity index (χ2n) is 4.63. The molecule has 0 radical (unpaired) electrons. The van der Waals surface area contributed by atoms with Gasteiger partial charge in [0.05, 0.1) is 5.02 Å². The summed E-state index contributed by atoms with van der Waals surface area (Å²) in [6.07, 6.45) is 1.76. The minimum absolute atomic E-state index is 0.417. The van der Waals surface area contributed by atoms with Gasteiger partial charge in [-0.15, -0.1) is 11.6 Å². The zero-order valence-corrected chi connectivity index (χ0v) is 12.8. The van der Waals surface area contributed by atoms with Gasteiger partial charge in [-0.25, -0.2) is 4.98 Å². The average molecular weight is 295 g/mol. The van der Waals surface area contributed by atoms with Gasteiger partial charge in [0.2, 0.25) is 0 Å². The van der Waals surface area contributed by atoms with Gasteiger partial charge in [-0.05, 0) is 37.1 Å². The van der Waals surface area contributed by atoms with Crippen molar-refractivity contribution in [3.8, 4) is 0 Å². The van der Waals surface area contributed by atoms with E-state index in [1.54, 1.807) is 6.20 Å². The molecule has 0 amide bonds. The summed E-state index contributed by atoms with van der Waals surface area (Å²) in [5, 5.41) is 0.612. The van der Waals surface area contributed by atoms with Crippen molar-refractivity contribution in [2.24, 2.45) is 0 Å². The molecular formula is C15H16Cl2N2. The Kier molecular flexibility index (Phi) is 4.33. The van der Waals surface area contributed by atoms with E-state index in [9.17, 15) is 0 Å². The first-order valence-electron chi connectivity index (χ1n) is 6.04. The molecule has 1 aromatic heterocycles. The maximum Gasteiger partial charge on any atom is 0.151 e. The van der Waals surface area contributed by atoms with Gasteiger partial charge < -0.3 is 4.90 Å². The quantitative estimate of drug-likeness (QED) is 0.752. The van der Waals surface area contributed by atoms with E-state index in [-0.39, 0.29) is 0 Å². The molecule has 19 heavy (non-hydrogen) atoms. The summed E-state index contributed by atoms with van der Waals surface area (Å²) in [7, 11) is 1.96. The molecule has 0 aliphatic rings. The Hall–Kier alpha value is -1.25. The molecule has 0 atom stereocenters. The van der Waals surface area contributed by atoms with Crippen LogP contribution in [0, 0.1) is 13.8 Å². The Morgan fingerprint density at radius 2 is 1.95 bits per heavy atom. The molecular weight excluding hydrogens is 279 g/mol. The van der Waals surface area contributed by atoms with Crippen LogP contribution in [0.25, 0.3) is 0 Å². The fraction of sp³-hybridized carbons (Fsp3) is 0.267. The molecule has 0 aliphatic heterocycles. The van der Waals surface area contributed by atoms with Crippen LogP contribution in [-0.2, 0) is 5.88 Å². The van der Waals surface area contributed by atoms with E-state index in [0.29, 0.717) is 10.9 Å². The summed E-state index contributed by atoms with van der Waals surface area (Å²) < 4.78 is 0. The standard InChI is InChI=1S/C15H16Cl2N2/c1-10-4-5-14(11(2)6-10)19(3)15-13(17)7-12(8-16)9-18-15/h4-7,9H,8H2,1-3H3. The fourth-order valence-corrected chi connectivity index (χ4v) is 2.55. The highest BCUT2D eigenvalue weighted by Gasteiger charge is 2.12. The third-order valence-electron chi connectivity index (χ3n) is 3.06. The first kappa shape index (κ1) is 14.2. The van der Waals surface area contributed by atoms with E-state index in [1.807, 2.05) is 18.0 Å². The van der Waals surface area contributed by atoms with Gasteiger partial charge in [0.15, 0.2) is 5.82 Å². The molecule has 100 valence electrons. The molecule has 0 bridgehead atoms. The van der Waals surface area contributed by atoms with Crippen molar-refractivity contribution < 1.29 is 0 Å². The average Bonchev–Trinajstić information content (AvgIpc) is 2.37. The highest BCUT2D eigenvalue weighted by molar-refractivity contribution is 6.33. The zero-order chi connectivity index (χ0) is 14.0. The number of aromatic nitrogens is 1. The Labute approximate surface area is 124 Å². The molecule has 0 N–H and O–H groups in total. The first-order chi connectivity index (χ1) is 9.02. The second-order valence-corrected chi connectivity index (χ2v) is 5.31. The van der Waals surface area contributed by atoms with E-state index >= 15 is 0 Å². The van der Waals surface area contributed by atoms with Gasteiger partial charge in [0.25, 0.3) is 0 Å². The molecule has 2 aromatic rings. The molecule has 0 saturated heterocycles. The number of aryl methyl sites for hydroxylation is 2. The van der Waals surface area contributed by atoms with Gasteiger partial charge in [0.1, 0.15) is 0 Å². The Balaban J connectivity index is 2.41. The molecule has 0 unspecified atom stereocenters. The van der Waals surface area contributed by atoms with Crippen molar-refractivity contribution in [1.82, 2.24) is 4.98 Å². The summed E-state index contributed by atoms with van der Waals surface area (Å²) in [5.74, 6) is 1.16. The van der Waals surface area contributed by atoms with Crippen LogP contribution in [0.4, 0.5) is 11.5 Å². The van der Waals surface area contributed by atoms with Gasteiger partial charge in [-0.1, -0.05) is 29.3 Å². The maximum atomic E-state index is 6.27. The lowest BCUT2D eigenvalue weighted by Crippen LogP contribution is -2.13. The summed E-state index contributed by atoms with van der Waals surface area (Å²) in [5.41, 5.74) is 4.45.